The van der Waals surface area contributed by atoms with E-state index in [0.29, 0.717) is 16.3 Å². The van der Waals surface area contributed by atoms with Gasteiger partial charge in [0.05, 0.1) is 10.6 Å². The number of nitrogens with zero attached hydrogens (tertiary/aromatic N) is 2. The van der Waals surface area contributed by atoms with E-state index in [1.54, 1.807) is 25.1 Å². The van der Waals surface area contributed by atoms with Crippen molar-refractivity contribution in [3.63, 3.8) is 0 Å². The Bertz CT molecular complexity index is 1760. The number of anilines is 1. The van der Waals surface area contributed by atoms with Crippen LogP contribution >= 0.6 is 27.5 Å². The zero-order valence-corrected chi connectivity index (χ0v) is 28.8. The number of amides is 2. The van der Waals surface area contributed by atoms with Crippen molar-refractivity contribution in [3.8, 4) is 0 Å². The molecule has 10 heteroatoms. The Morgan fingerprint density at radius 1 is 0.891 bits per heavy atom. The topological polar surface area (TPSA) is 86.8 Å². The van der Waals surface area contributed by atoms with Crippen LogP contribution < -0.4 is 9.62 Å². The molecular formula is C36H37BrClN3O4S. The lowest BCUT2D eigenvalue weighted by Gasteiger charge is -2.34. The highest BCUT2D eigenvalue weighted by Crippen LogP contribution is 2.29. The summed E-state index contributed by atoms with van der Waals surface area (Å²) in [5.74, 6) is -0.745. The van der Waals surface area contributed by atoms with Crippen molar-refractivity contribution >= 4 is 55.1 Å². The van der Waals surface area contributed by atoms with E-state index in [2.05, 4.69) is 21.2 Å². The van der Waals surface area contributed by atoms with E-state index >= 15 is 0 Å². The number of hydrogen-bond donors (Lipinski definition) is 1. The third kappa shape index (κ3) is 8.37. The van der Waals surface area contributed by atoms with Crippen molar-refractivity contribution < 1.29 is 18.0 Å². The standard InChI is InChI=1S/C36H37BrClN3O4S/c1-26-10-5-8-17-33(26)41(46(44,45)32-20-18-30(38)19-21-32)25-35(42)40(24-28-13-9-14-29(37)22-28)34(23-27-11-3-2-4-12-27)36(43)39-31-15-6-7-16-31/h2-5,8-14,17-22,31,34H,6-7,15-16,23-25H2,1H3,(H,39,43)/t34-/m0/s1. The molecule has 7 nitrogen and oxygen atoms in total. The molecule has 0 aliphatic heterocycles. The van der Waals surface area contributed by atoms with Crippen molar-refractivity contribution in [3.05, 3.63) is 129 Å². The smallest absolute Gasteiger partial charge is 0.264 e. The van der Waals surface area contributed by atoms with E-state index in [1.165, 1.54) is 29.2 Å². The highest BCUT2D eigenvalue weighted by molar-refractivity contribution is 9.10. The molecule has 0 bridgehead atoms. The summed E-state index contributed by atoms with van der Waals surface area (Å²) in [6.45, 7) is 1.40. The number of carbonyl (C=O) groups is 2. The molecule has 1 saturated carbocycles. The van der Waals surface area contributed by atoms with Gasteiger partial charge in [0.1, 0.15) is 12.6 Å². The Morgan fingerprint density at radius 2 is 1.54 bits per heavy atom. The molecule has 0 unspecified atom stereocenters. The van der Waals surface area contributed by atoms with Crippen LogP contribution in [0.25, 0.3) is 0 Å². The zero-order valence-electron chi connectivity index (χ0n) is 25.6. The lowest BCUT2D eigenvalue weighted by Crippen LogP contribution is -2.54. The molecule has 0 radical (unpaired) electrons. The molecule has 1 aliphatic rings. The highest BCUT2D eigenvalue weighted by atomic mass is 79.9. The minimum absolute atomic E-state index is 0.00584. The first-order valence-electron chi connectivity index (χ1n) is 15.3. The maximum atomic E-state index is 14.6. The van der Waals surface area contributed by atoms with Gasteiger partial charge in [0.15, 0.2) is 0 Å². The van der Waals surface area contributed by atoms with Crippen molar-refractivity contribution in [2.24, 2.45) is 0 Å². The molecule has 4 aromatic rings. The molecule has 46 heavy (non-hydrogen) atoms. The Hall–Kier alpha value is -3.66. The van der Waals surface area contributed by atoms with Crippen molar-refractivity contribution in [2.75, 3.05) is 10.8 Å². The van der Waals surface area contributed by atoms with Gasteiger partial charge in [0.2, 0.25) is 11.8 Å². The highest BCUT2D eigenvalue weighted by Gasteiger charge is 2.36. The van der Waals surface area contributed by atoms with Gasteiger partial charge in [0, 0.05) is 28.5 Å². The van der Waals surface area contributed by atoms with Gasteiger partial charge in [-0.3, -0.25) is 13.9 Å². The molecule has 0 saturated heterocycles. The van der Waals surface area contributed by atoms with Crippen LogP contribution in [0.15, 0.2) is 112 Å². The largest absolute Gasteiger partial charge is 0.352 e. The van der Waals surface area contributed by atoms with E-state index in [4.69, 9.17) is 11.6 Å². The van der Waals surface area contributed by atoms with Crippen molar-refractivity contribution in [1.82, 2.24) is 10.2 Å². The molecule has 5 rings (SSSR count). The molecule has 4 aromatic carbocycles. The van der Waals surface area contributed by atoms with Crippen LogP contribution in [0.5, 0.6) is 0 Å². The first kappa shape index (κ1) is 33.7. The van der Waals surface area contributed by atoms with E-state index in [0.717, 1.165) is 45.6 Å². The predicted octanol–water partition coefficient (Wildman–Crippen LogP) is 7.31. The fourth-order valence-corrected chi connectivity index (χ4v) is 7.90. The zero-order chi connectivity index (χ0) is 32.7. The summed E-state index contributed by atoms with van der Waals surface area (Å²) in [7, 11) is -4.21. The van der Waals surface area contributed by atoms with E-state index in [-0.39, 0.29) is 29.8 Å². The van der Waals surface area contributed by atoms with Gasteiger partial charge in [-0.25, -0.2) is 8.42 Å². The fraction of sp³-hybridized carbons (Fsp3) is 0.278. The van der Waals surface area contributed by atoms with Crippen LogP contribution in [0.4, 0.5) is 5.69 Å². The van der Waals surface area contributed by atoms with E-state index in [1.807, 2.05) is 60.7 Å². The summed E-state index contributed by atoms with van der Waals surface area (Å²) in [4.78, 5) is 30.3. The average molecular weight is 723 g/mol. The molecular weight excluding hydrogens is 686 g/mol. The second-order valence-corrected chi connectivity index (χ2v) is 14.8. The maximum absolute atomic E-state index is 14.6. The van der Waals surface area contributed by atoms with Gasteiger partial charge in [-0.05, 0) is 78.9 Å². The number of sulfonamides is 1. The number of carbonyl (C=O) groups excluding carboxylic acids is 2. The number of para-hydroxylation sites is 1. The minimum Gasteiger partial charge on any atom is -0.352 e. The van der Waals surface area contributed by atoms with E-state index in [9.17, 15) is 18.0 Å². The van der Waals surface area contributed by atoms with Gasteiger partial charge >= 0.3 is 0 Å². The lowest BCUT2D eigenvalue weighted by molar-refractivity contribution is -0.140. The molecule has 0 spiro atoms. The molecule has 1 atom stereocenters. The van der Waals surface area contributed by atoms with E-state index < -0.39 is 28.5 Å². The Labute approximate surface area is 284 Å². The van der Waals surface area contributed by atoms with Crippen LogP contribution in [-0.2, 0) is 32.6 Å². The van der Waals surface area contributed by atoms with Gasteiger partial charge in [-0.15, -0.1) is 0 Å². The molecule has 1 aliphatic carbocycles. The van der Waals surface area contributed by atoms with Gasteiger partial charge in [-0.1, -0.05) is 101 Å². The number of rotatable bonds is 12. The molecule has 1 N–H and O–H groups in total. The van der Waals surface area contributed by atoms with Crippen LogP contribution in [0.1, 0.15) is 42.4 Å². The SMILES string of the molecule is Cc1ccccc1N(CC(=O)N(Cc1cccc(Br)c1)[C@@H](Cc1ccccc1)C(=O)NC1CCCC1)S(=O)(=O)c1ccc(Cl)cc1. The van der Waals surface area contributed by atoms with Crippen LogP contribution in [0, 0.1) is 6.92 Å². The van der Waals surface area contributed by atoms with Gasteiger partial charge in [-0.2, -0.15) is 0 Å². The maximum Gasteiger partial charge on any atom is 0.264 e. The van der Waals surface area contributed by atoms with Crippen LogP contribution in [0.3, 0.4) is 0 Å². The number of halogens is 2. The minimum atomic E-state index is -4.21. The number of benzene rings is 4. The molecule has 2 amide bonds. The third-order valence-electron chi connectivity index (χ3n) is 8.28. The summed E-state index contributed by atoms with van der Waals surface area (Å²) in [6.07, 6.45) is 4.15. The second-order valence-electron chi connectivity index (χ2n) is 11.6. The van der Waals surface area contributed by atoms with Crippen LogP contribution in [0.2, 0.25) is 5.02 Å². The van der Waals surface area contributed by atoms with Crippen LogP contribution in [-0.4, -0.2) is 43.8 Å². The Kier molecular flexibility index (Phi) is 11.2. The first-order valence-corrected chi connectivity index (χ1v) is 17.9. The monoisotopic (exact) mass is 721 g/mol. The predicted molar refractivity (Wildman–Crippen MR) is 186 cm³/mol. The number of aryl methyl sites for hydroxylation is 1. The molecule has 0 heterocycles. The van der Waals surface area contributed by atoms with Gasteiger partial charge in [0.25, 0.3) is 10.0 Å². The second kappa shape index (κ2) is 15.3. The normalized spacial score (nSPS) is 14.1. The Morgan fingerprint density at radius 3 is 2.22 bits per heavy atom. The summed E-state index contributed by atoms with van der Waals surface area (Å²) < 4.78 is 30.4. The average Bonchev–Trinajstić information content (AvgIpc) is 3.55. The van der Waals surface area contributed by atoms with Crippen molar-refractivity contribution in [2.45, 2.75) is 62.6 Å². The summed E-state index contributed by atoms with van der Waals surface area (Å²) >= 11 is 9.60. The molecule has 240 valence electrons. The number of hydrogen-bond acceptors (Lipinski definition) is 4. The Balaban J connectivity index is 1.57. The molecule has 1 fully saturated rings. The molecule has 0 aromatic heterocycles. The summed E-state index contributed by atoms with van der Waals surface area (Å²) in [5, 5.41) is 3.60. The summed E-state index contributed by atoms with van der Waals surface area (Å²) in [6, 6.07) is 29.2. The third-order valence-corrected chi connectivity index (χ3v) is 10.8. The fourth-order valence-electron chi connectivity index (χ4n) is 5.84. The first-order chi connectivity index (χ1) is 22.1. The van der Waals surface area contributed by atoms with Crippen molar-refractivity contribution in [1.29, 1.82) is 0 Å². The van der Waals surface area contributed by atoms with Gasteiger partial charge < -0.3 is 10.2 Å². The lowest BCUT2D eigenvalue weighted by atomic mass is 10.0. The quantitative estimate of drug-likeness (QED) is 0.166. The number of nitrogens with one attached hydrogen (secondary N) is 1. The summed E-state index contributed by atoms with van der Waals surface area (Å²) in [5.41, 5.74) is 2.76.